The number of aryl methyl sites for hydroxylation is 1. The van der Waals surface area contributed by atoms with Gasteiger partial charge in [-0.1, -0.05) is 15.9 Å². The Hall–Kier alpha value is -1.99. The number of carbonyl (C=O) groups is 1. The molecule has 0 saturated carbocycles. The number of rotatable bonds is 2. The number of fused-ring (bicyclic) bond motifs is 1. The summed E-state index contributed by atoms with van der Waals surface area (Å²) in [4.78, 5) is 28.2. The smallest absolute Gasteiger partial charge is 0.349 e. The number of anilines is 1. The molecule has 1 aromatic carbocycles. The van der Waals surface area contributed by atoms with E-state index in [4.69, 9.17) is 4.42 Å². The van der Waals surface area contributed by atoms with Crippen molar-refractivity contribution in [2.45, 2.75) is 6.92 Å². The fourth-order valence-electron chi connectivity index (χ4n) is 1.83. The number of benzene rings is 1. The SMILES string of the molecule is Cc1csc(NC(=O)c2cc3cc(Br)ccc3oc2=O)n1. The van der Waals surface area contributed by atoms with E-state index in [1.54, 1.807) is 18.2 Å². The van der Waals surface area contributed by atoms with Crippen LogP contribution in [-0.4, -0.2) is 10.9 Å². The Morgan fingerprint density at radius 2 is 2.19 bits per heavy atom. The standard InChI is InChI=1S/C14H9BrN2O3S/c1-7-6-21-14(16-7)17-12(18)10-5-8-4-9(15)2-3-11(8)20-13(10)19/h2-6H,1H3,(H,16,17,18). The Labute approximate surface area is 131 Å². The third-order valence-corrected chi connectivity index (χ3v) is 4.15. The van der Waals surface area contributed by atoms with E-state index >= 15 is 0 Å². The number of carbonyl (C=O) groups excluding carboxylic acids is 1. The molecule has 2 aromatic heterocycles. The van der Waals surface area contributed by atoms with Crippen molar-refractivity contribution in [3.8, 4) is 0 Å². The molecule has 0 fully saturated rings. The molecule has 0 spiro atoms. The Bertz CT molecular complexity index is 901. The minimum Gasteiger partial charge on any atom is -0.422 e. The van der Waals surface area contributed by atoms with Gasteiger partial charge in [-0.15, -0.1) is 11.3 Å². The first kappa shape index (κ1) is 14.0. The molecule has 1 amide bonds. The van der Waals surface area contributed by atoms with Crippen molar-refractivity contribution < 1.29 is 9.21 Å². The summed E-state index contributed by atoms with van der Waals surface area (Å²) >= 11 is 4.64. The van der Waals surface area contributed by atoms with Crippen molar-refractivity contribution in [2.75, 3.05) is 5.32 Å². The first-order chi connectivity index (χ1) is 10.0. The van der Waals surface area contributed by atoms with Gasteiger partial charge in [0.2, 0.25) is 0 Å². The molecule has 0 saturated heterocycles. The zero-order valence-electron chi connectivity index (χ0n) is 10.8. The second-order valence-electron chi connectivity index (χ2n) is 4.38. The number of hydrogen-bond acceptors (Lipinski definition) is 5. The lowest BCUT2D eigenvalue weighted by molar-refractivity contribution is 0.102. The monoisotopic (exact) mass is 364 g/mol. The number of nitrogens with zero attached hydrogens (tertiary/aromatic N) is 1. The highest BCUT2D eigenvalue weighted by molar-refractivity contribution is 9.10. The molecule has 5 nitrogen and oxygen atoms in total. The number of thiazole rings is 1. The molecular formula is C14H9BrN2O3S. The zero-order chi connectivity index (χ0) is 15.0. The minimum atomic E-state index is -0.671. The van der Waals surface area contributed by atoms with Gasteiger partial charge in [0, 0.05) is 15.2 Å². The maximum absolute atomic E-state index is 12.2. The summed E-state index contributed by atoms with van der Waals surface area (Å²) in [7, 11) is 0. The maximum atomic E-state index is 12.2. The lowest BCUT2D eigenvalue weighted by Gasteiger charge is -2.02. The van der Waals surface area contributed by atoms with Crippen molar-refractivity contribution in [1.29, 1.82) is 0 Å². The van der Waals surface area contributed by atoms with Gasteiger partial charge in [-0.3, -0.25) is 10.1 Å². The molecule has 2 heterocycles. The van der Waals surface area contributed by atoms with Gasteiger partial charge in [0.15, 0.2) is 5.13 Å². The van der Waals surface area contributed by atoms with Crippen LogP contribution in [0.2, 0.25) is 0 Å². The average Bonchev–Trinajstić information content (AvgIpc) is 2.83. The maximum Gasteiger partial charge on any atom is 0.349 e. The molecule has 0 aliphatic heterocycles. The third-order valence-electron chi connectivity index (χ3n) is 2.78. The molecular weight excluding hydrogens is 356 g/mol. The molecule has 3 rings (SSSR count). The predicted octanol–water partition coefficient (Wildman–Crippen LogP) is 3.57. The van der Waals surface area contributed by atoms with Crippen LogP contribution in [0.1, 0.15) is 16.1 Å². The first-order valence-electron chi connectivity index (χ1n) is 6.00. The summed E-state index contributed by atoms with van der Waals surface area (Å²) in [5, 5.41) is 5.53. The molecule has 0 bridgehead atoms. The molecule has 0 aliphatic rings. The zero-order valence-corrected chi connectivity index (χ0v) is 13.2. The van der Waals surface area contributed by atoms with Gasteiger partial charge in [-0.2, -0.15) is 0 Å². The van der Waals surface area contributed by atoms with Gasteiger partial charge >= 0.3 is 5.63 Å². The van der Waals surface area contributed by atoms with Crippen LogP contribution in [0.4, 0.5) is 5.13 Å². The number of hydrogen-bond donors (Lipinski definition) is 1. The minimum absolute atomic E-state index is 0.0477. The summed E-state index contributed by atoms with van der Waals surface area (Å²) in [6.45, 7) is 1.83. The van der Waals surface area contributed by atoms with Crippen LogP contribution in [0, 0.1) is 6.92 Å². The quantitative estimate of drug-likeness (QED) is 0.705. The van der Waals surface area contributed by atoms with Crippen LogP contribution in [0.5, 0.6) is 0 Å². The highest BCUT2D eigenvalue weighted by Gasteiger charge is 2.15. The summed E-state index contributed by atoms with van der Waals surface area (Å²) < 4.78 is 6.00. The van der Waals surface area contributed by atoms with Crippen molar-refractivity contribution >= 4 is 49.3 Å². The van der Waals surface area contributed by atoms with E-state index in [9.17, 15) is 9.59 Å². The van der Waals surface area contributed by atoms with Gasteiger partial charge < -0.3 is 4.42 Å². The van der Waals surface area contributed by atoms with Gasteiger partial charge in [0.1, 0.15) is 11.1 Å². The largest absolute Gasteiger partial charge is 0.422 e. The van der Waals surface area contributed by atoms with Gasteiger partial charge in [-0.05, 0) is 31.2 Å². The highest BCUT2D eigenvalue weighted by Crippen LogP contribution is 2.20. The molecule has 3 aromatic rings. The number of nitrogens with one attached hydrogen (secondary N) is 1. The van der Waals surface area contributed by atoms with Crippen molar-refractivity contribution in [3.63, 3.8) is 0 Å². The Balaban J connectivity index is 2.00. The molecule has 0 unspecified atom stereocenters. The van der Waals surface area contributed by atoms with E-state index in [0.717, 1.165) is 10.2 Å². The molecule has 0 aliphatic carbocycles. The van der Waals surface area contributed by atoms with Crippen LogP contribution in [0.3, 0.4) is 0 Å². The van der Waals surface area contributed by atoms with Crippen LogP contribution in [0.15, 0.2) is 43.3 Å². The second-order valence-corrected chi connectivity index (χ2v) is 6.15. The van der Waals surface area contributed by atoms with E-state index in [2.05, 4.69) is 26.2 Å². The molecule has 7 heteroatoms. The predicted molar refractivity (Wildman–Crippen MR) is 85.0 cm³/mol. The van der Waals surface area contributed by atoms with Crippen LogP contribution in [-0.2, 0) is 0 Å². The molecule has 1 N–H and O–H groups in total. The lowest BCUT2D eigenvalue weighted by Crippen LogP contribution is -2.20. The van der Waals surface area contributed by atoms with Crippen LogP contribution >= 0.6 is 27.3 Å². The van der Waals surface area contributed by atoms with Gasteiger partial charge in [-0.25, -0.2) is 9.78 Å². The Morgan fingerprint density at radius 3 is 2.90 bits per heavy atom. The van der Waals surface area contributed by atoms with E-state index in [-0.39, 0.29) is 5.56 Å². The van der Waals surface area contributed by atoms with E-state index in [1.807, 2.05) is 12.3 Å². The van der Waals surface area contributed by atoms with Crippen molar-refractivity contribution in [3.05, 3.63) is 55.8 Å². The van der Waals surface area contributed by atoms with E-state index < -0.39 is 11.5 Å². The topological polar surface area (TPSA) is 72.2 Å². The Morgan fingerprint density at radius 1 is 1.38 bits per heavy atom. The second kappa shape index (κ2) is 5.42. The number of halogens is 1. The Kier molecular flexibility index (Phi) is 3.60. The lowest BCUT2D eigenvalue weighted by atomic mass is 10.2. The molecule has 0 atom stereocenters. The summed E-state index contributed by atoms with van der Waals surface area (Å²) in [5.41, 5.74) is 0.527. The normalized spacial score (nSPS) is 10.8. The van der Waals surface area contributed by atoms with Crippen LogP contribution < -0.4 is 10.9 Å². The summed E-state index contributed by atoms with van der Waals surface area (Å²) in [5.74, 6) is -0.528. The van der Waals surface area contributed by atoms with E-state index in [1.165, 1.54) is 17.4 Å². The molecule has 0 radical (unpaired) electrons. The average molecular weight is 365 g/mol. The first-order valence-corrected chi connectivity index (χ1v) is 7.67. The number of aromatic nitrogens is 1. The van der Waals surface area contributed by atoms with Gasteiger partial charge in [0.05, 0.1) is 5.69 Å². The number of amides is 1. The summed E-state index contributed by atoms with van der Waals surface area (Å²) in [6.07, 6.45) is 0. The van der Waals surface area contributed by atoms with Crippen molar-refractivity contribution in [2.24, 2.45) is 0 Å². The third kappa shape index (κ3) is 2.88. The van der Waals surface area contributed by atoms with Crippen LogP contribution in [0.25, 0.3) is 11.0 Å². The fraction of sp³-hybridized carbons (Fsp3) is 0.0714. The van der Waals surface area contributed by atoms with Crippen molar-refractivity contribution in [1.82, 2.24) is 4.98 Å². The molecule has 106 valence electrons. The fourth-order valence-corrected chi connectivity index (χ4v) is 2.89. The summed E-state index contributed by atoms with van der Waals surface area (Å²) in [6, 6.07) is 6.74. The van der Waals surface area contributed by atoms with Gasteiger partial charge in [0.25, 0.3) is 5.91 Å². The molecule has 21 heavy (non-hydrogen) atoms. The highest BCUT2D eigenvalue weighted by atomic mass is 79.9. The van der Waals surface area contributed by atoms with E-state index in [0.29, 0.717) is 16.1 Å².